The van der Waals surface area contributed by atoms with Gasteiger partial charge in [0.15, 0.2) is 0 Å². The number of carbonyl (C=O) groups excluding carboxylic acids is 1. The first kappa shape index (κ1) is 12.7. The second kappa shape index (κ2) is 5.33. The summed E-state index contributed by atoms with van der Waals surface area (Å²) in [5, 5.41) is 10.8. The van der Waals surface area contributed by atoms with Crippen molar-refractivity contribution in [3.8, 4) is 0 Å². The van der Waals surface area contributed by atoms with Crippen LogP contribution in [-0.2, 0) is 18.3 Å². The van der Waals surface area contributed by atoms with Crippen LogP contribution >= 0.6 is 0 Å². The number of nitrogens with zero attached hydrogens (tertiary/aromatic N) is 2. The number of aromatic nitrogens is 2. The van der Waals surface area contributed by atoms with Gasteiger partial charge in [0.1, 0.15) is 0 Å². The molecular weight excluding hydrogens is 240 g/mol. The first-order valence-electron chi connectivity index (χ1n) is 7.30. The Morgan fingerprint density at radius 1 is 1.42 bits per heavy atom. The molecule has 0 aromatic carbocycles. The fraction of sp³-hybridized carbons (Fsp3) is 0.714. The van der Waals surface area contributed by atoms with Gasteiger partial charge in [-0.05, 0) is 38.6 Å². The topological polar surface area (TPSA) is 59.0 Å². The minimum Gasteiger partial charge on any atom is -0.348 e. The molecule has 1 fully saturated rings. The minimum absolute atomic E-state index is 0.00389. The van der Waals surface area contributed by atoms with E-state index in [2.05, 4.69) is 15.7 Å². The average molecular weight is 262 g/mol. The van der Waals surface area contributed by atoms with Gasteiger partial charge in [-0.25, -0.2) is 0 Å². The summed E-state index contributed by atoms with van der Waals surface area (Å²) in [6.45, 7) is 0.959. The van der Waals surface area contributed by atoms with E-state index in [-0.39, 0.29) is 18.0 Å². The Labute approximate surface area is 113 Å². The number of piperidine rings is 1. The Morgan fingerprint density at radius 2 is 2.32 bits per heavy atom. The average Bonchev–Trinajstić information content (AvgIpc) is 2.83. The molecule has 2 N–H and O–H groups in total. The van der Waals surface area contributed by atoms with Crippen molar-refractivity contribution < 1.29 is 4.79 Å². The Morgan fingerprint density at radius 3 is 3.11 bits per heavy atom. The number of rotatable bonds is 2. The number of hydrogen-bond acceptors (Lipinski definition) is 3. The van der Waals surface area contributed by atoms with Crippen LogP contribution in [0.25, 0.3) is 0 Å². The van der Waals surface area contributed by atoms with Crippen LogP contribution in [0.4, 0.5) is 0 Å². The van der Waals surface area contributed by atoms with Crippen LogP contribution in [0.1, 0.15) is 49.4 Å². The number of carbonyl (C=O) groups is 1. The Hall–Kier alpha value is -1.36. The van der Waals surface area contributed by atoms with Crippen LogP contribution in [-0.4, -0.2) is 28.3 Å². The lowest BCUT2D eigenvalue weighted by Crippen LogP contribution is -2.47. The third-order valence-corrected chi connectivity index (χ3v) is 4.32. The molecule has 2 aliphatic rings. The maximum absolute atomic E-state index is 12.3. The molecule has 1 aromatic heterocycles. The highest BCUT2D eigenvalue weighted by atomic mass is 16.2. The van der Waals surface area contributed by atoms with E-state index in [4.69, 9.17) is 0 Å². The second-order valence-electron chi connectivity index (χ2n) is 5.63. The van der Waals surface area contributed by atoms with Crippen molar-refractivity contribution >= 4 is 5.91 Å². The molecule has 1 aliphatic carbocycles. The summed E-state index contributed by atoms with van der Waals surface area (Å²) in [6, 6.07) is 0.143. The predicted octanol–water partition coefficient (Wildman–Crippen LogP) is 1.06. The van der Waals surface area contributed by atoms with Crippen molar-refractivity contribution in [3.05, 3.63) is 17.5 Å². The first-order chi connectivity index (χ1) is 9.25. The molecule has 5 nitrogen and oxygen atoms in total. The van der Waals surface area contributed by atoms with Crippen LogP contribution in [0, 0.1) is 0 Å². The zero-order valence-electron chi connectivity index (χ0n) is 11.5. The first-order valence-corrected chi connectivity index (χ1v) is 7.30. The van der Waals surface area contributed by atoms with Gasteiger partial charge >= 0.3 is 0 Å². The van der Waals surface area contributed by atoms with Crippen molar-refractivity contribution in [3.63, 3.8) is 0 Å². The van der Waals surface area contributed by atoms with Gasteiger partial charge in [0.2, 0.25) is 5.91 Å². The van der Waals surface area contributed by atoms with Crippen molar-refractivity contribution in [2.24, 2.45) is 7.05 Å². The number of hydrogen-bond donors (Lipinski definition) is 2. The van der Waals surface area contributed by atoms with Crippen LogP contribution in [0.15, 0.2) is 6.20 Å². The van der Waals surface area contributed by atoms with Crippen molar-refractivity contribution in [1.82, 2.24) is 20.4 Å². The van der Waals surface area contributed by atoms with E-state index < -0.39 is 0 Å². The van der Waals surface area contributed by atoms with Gasteiger partial charge in [0, 0.05) is 18.3 Å². The van der Waals surface area contributed by atoms with Crippen LogP contribution in [0.5, 0.6) is 0 Å². The molecule has 5 heteroatoms. The molecule has 1 amide bonds. The van der Waals surface area contributed by atoms with Gasteiger partial charge in [-0.15, -0.1) is 0 Å². The van der Waals surface area contributed by atoms with E-state index in [9.17, 15) is 4.79 Å². The highest BCUT2D eigenvalue weighted by molar-refractivity contribution is 5.82. The van der Waals surface area contributed by atoms with Gasteiger partial charge in [0.05, 0.1) is 18.3 Å². The predicted molar refractivity (Wildman–Crippen MR) is 72.7 cm³/mol. The van der Waals surface area contributed by atoms with Gasteiger partial charge in [-0.3, -0.25) is 9.48 Å². The van der Waals surface area contributed by atoms with Crippen molar-refractivity contribution in [2.75, 3.05) is 6.54 Å². The third kappa shape index (κ3) is 2.52. The SMILES string of the molecule is Cn1ncc2c1CCCC2NC(=O)C1CCCCN1. The van der Waals surface area contributed by atoms with E-state index in [1.807, 2.05) is 17.9 Å². The quantitative estimate of drug-likeness (QED) is 0.838. The molecule has 0 spiro atoms. The maximum Gasteiger partial charge on any atom is 0.237 e. The highest BCUT2D eigenvalue weighted by Gasteiger charge is 2.28. The highest BCUT2D eigenvalue weighted by Crippen LogP contribution is 2.29. The van der Waals surface area contributed by atoms with Crippen molar-refractivity contribution in [2.45, 2.75) is 50.6 Å². The molecule has 1 aliphatic heterocycles. The van der Waals surface area contributed by atoms with Crippen LogP contribution < -0.4 is 10.6 Å². The Kier molecular flexibility index (Phi) is 3.55. The molecule has 3 rings (SSSR count). The van der Waals surface area contributed by atoms with E-state index >= 15 is 0 Å². The lowest BCUT2D eigenvalue weighted by Gasteiger charge is -2.28. The Balaban J connectivity index is 1.68. The molecule has 2 heterocycles. The van der Waals surface area contributed by atoms with Crippen LogP contribution in [0.2, 0.25) is 0 Å². The summed E-state index contributed by atoms with van der Waals surface area (Å²) < 4.78 is 1.94. The standard InChI is InChI=1S/C14H22N4O/c1-18-13-7-4-6-11(10(13)9-16-18)17-14(19)12-5-2-3-8-15-12/h9,11-12,15H,2-8H2,1H3,(H,17,19). The molecule has 2 unspecified atom stereocenters. The molecule has 19 heavy (non-hydrogen) atoms. The number of aryl methyl sites for hydroxylation is 1. The smallest absolute Gasteiger partial charge is 0.237 e. The lowest BCUT2D eigenvalue weighted by molar-refractivity contribution is -0.124. The summed E-state index contributed by atoms with van der Waals surface area (Å²) in [4.78, 5) is 12.3. The van der Waals surface area contributed by atoms with Crippen molar-refractivity contribution in [1.29, 1.82) is 0 Å². The number of amides is 1. The van der Waals surface area contributed by atoms with E-state index in [1.54, 1.807) is 0 Å². The summed E-state index contributed by atoms with van der Waals surface area (Å²) in [5.74, 6) is 0.154. The summed E-state index contributed by atoms with van der Waals surface area (Å²) in [7, 11) is 1.98. The molecule has 1 saturated heterocycles. The van der Waals surface area contributed by atoms with Gasteiger partial charge in [-0.1, -0.05) is 6.42 Å². The number of nitrogens with one attached hydrogen (secondary N) is 2. The number of fused-ring (bicyclic) bond motifs is 1. The second-order valence-corrected chi connectivity index (χ2v) is 5.63. The van der Waals surface area contributed by atoms with Gasteiger partial charge in [-0.2, -0.15) is 5.10 Å². The molecule has 0 bridgehead atoms. The Bertz CT molecular complexity index is 462. The van der Waals surface area contributed by atoms with E-state index in [1.165, 1.54) is 17.7 Å². The van der Waals surface area contributed by atoms with Gasteiger partial charge in [0.25, 0.3) is 0 Å². The molecular formula is C14H22N4O. The van der Waals surface area contributed by atoms with E-state index in [0.29, 0.717) is 0 Å². The fourth-order valence-corrected chi connectivity index (χ4v) is 3.20. The molecule has 0 radical (unpaired) electrons. The zero-order valence-corrected chi connectivity index (χ0v) is 11.5. The van der Waals surface area contributed by atoms with Gasteiger partial charge < -0.3 is 10.6 Å². The molecule has 0 saturated carbocycles. The lowest BCUT2D eigenvalue weighted by atomic mass is 9.92. The molecule has 2 atom stereocenters. The third-order valence-electron chi connectivity index (χ3n) is 4.32. The molecule has 104 valence electrons. The maximum atomic E-state index is 12.3. The molecule has 1 aromatic rings. The summed E-state index contributed by atoms with van der Waals surface area (Å²) in [5.41, 5.74) is 2.48. The summed E-state index contributed by atoms with van der Waals surface area (Å²) >= 11 is 0. The summed E-state index contributed by atoms with van der Waals surface area (Å²) in [6.07, 6.45) is 8.41. The van der Waals surface area contributed by atoms with Crippen LogP contribution in [0.3, 0.4) is 0 Å². The van der Waals surface area contributed by atoms with E-state index in [0.717, 1.165) is 38.6 Å². The normalized spacial score (nSPS) is 26.8. The largest absolute Gasteiger partial charge is 0.348 e. The minimum atomic E-state index is -0.00389. The monoisotopic (exact) mass is 262 g/mol. The fourth-order valence-electron chi connectivity index (χ4n) is 3.20. The zero-order chi connectivity index (χ0) is 13.2.